The van der Waals surface area contributed by atoms with Crippen LogP contribution in [0.25, 0.3) is 0 Å². The summed E-state index contributed by atoms with van der Waals surface area (Å²) < 4.78 is 31.4. The van der Waals surface area contributed by atoms with E-state index in [-0.39, 0.29) is 29.8 Å². The molecule has 1 heterocycles. The van der Waals surface area contributed by atoms with Crippen LogP contribution in [-0.4, -0.2) is 14.7 Å². The topological polar surface area (TPSA) is 47.3 Å². The van der Waals surface area contributed by atoms with Crippen molar-refractivity contribution in [1.82, 2.24) is 9.55 Å². The van der Waals surface area contributed by atoms with E-state index in [0.29, 0.717) is 15.2 Å². The third-order valence-corrected chi connectivity index (χ3v) is 3.06. The fourth-order valence-electron chi connectivity index (χ4n) is 1.66. The van der Waals surface area contributed by atoms with E-state index in [0.717, 1.165) is 6.20 Å². The number of halogens is 4. The van der Waals surface area contributed by atoms with Gasteiger partial charge in [-0.15, -0.1) is 0 Å². The molecule has 20 heavy (non-hydrogen) atoms. The van der Waals surface area contributed by atoms with Crippen LogP contribution in [0.2, 0.25) is 10.0 Å². The first kappa shape index (κ1) is 15.0. The molecular weight excluding hydrogens is 313 g/mol. The molecule has 0 saturated heterocycles. The Kier molecular flexibility index (Phi) is 4.80. The number of alkyl halides is 2. The standard InChI is InChI=1S/C12H10Cl2F2N2O2/c13-8-3-7(5-19)11(9(14)4-8)20-6-10-17-1-2-18(10)12(15)16/h1-4,12,19H,5-6H2. The van der Waals surface area contributed by atoms with Gasteiger partial charge < -0.3 is 9.84 Å². The third-order valence-electron chi connectivity index (χ3n) is 2.56. The number of imidazole rings is 1. The lowest BCUT2D eigenvalue weighted by Crippen LogP contribution is -2.08. The molecule has 1 aromatic carbocycles. The Bertz CT molecular complexity index is 605. The van der Waals surface area contributed by atoms with Gasteiger partial charge in [-0.3, -0.25) is 4.57 Å². The van der Waals surface area contributed by atoms with Crippen molar-refractivity contribution < 1.29 is 18.6 Å². The van der Waals surface area contributed by atoms with Crippen molar-refractivity contribution >= 4 is 23.2 Å². The Morgan fingerprint density at radius 1 is 1.35 bits per heavy atom. The summed E-state index contributed by atoms with van der Waals surface area (Å²) in [5.41, 5.74) is 0.373. The number of aliphatic hydroxyl groups excluding tert-OH is 1. The lowest BCUT2D eigenvalue weighted by Gasteiger charge is -2.13. The maximum Gasteiger partial charge on any atom is 0.320 e. The average Bonchev–Trinajstić information content (AvgIpc) is 2.85. The van der Waals surface area contributed by atoms with E-state index in [4.69, 9.17) is 27.9 Å². The maximum atomic E-state index is 12.6. The molecule has 2 rings (SSSR count). The highest BCUT2D eigenvalue weighted by molar-refractivity contribution is 6.35. The number of hydrogen-bond donors (Lipinski definition) is 1. The predicted molar refractivity (Wildman–Crippen MR) is 70.2 cm³/mol. The molecule has 2 aromatic rings. The number of ether oxygens (including phenoxy) is 1. The molecule has 0 amide bonds. The van der Waals surface area contributed by atoms with E-state index in [9.17, 15) is 13.9 Å². The van der Waals surface area contributed by atoms with Crippen molar-refractivity contribution in [2.75, 3.05) is 0 Å². The first-order valence-electron chi connectivity index (χ1n) is 5.54. The number of rotatable bonds is 5. The summed E-state index contributed by atoms with van der Waals surface area (Å²) in [6, 6.07) is 2.93. The SMILES string of the molecule is OCc1cc(Cl)cc(Cl)c1OCc1nccn1C(F)F. The van der Waals surface area contributed by atoms with Gasteiger partial charge in [-0.25, -0.2) is 4.98 Å². The van der Waals surface area contributed by atoms with E-state index in [1.165, 1.54) is 18.3 Å². The summed E-state index contributed by atoms with van der Waals surface area (Å²) in [4.78, 5) is 3.78. The molecule has 0 aliphatic carbocycles. The second-order valence-corrected chi connectivity index (χ2v) is 4.69. The van der Waals surface area contributed by atoms with Crippen molar-refractivity contribution in [3.8, 4) is 5.75 Å². The highest BCUT2D eigenvalue weighted by Crippen LogP contribution is 2.33. The first-order valence-corrected chi connectivity index (χ1v) is 6.30. The summed E-state index contributed by atoms with van der Waals surface area (Å²) in [6.45, 7) is -3.24. The molecule has 1 N–H and O–H groups in total. The summed E-state index contributed by atoms with van der Waals surface area (Å²) in [5.74, 6) is 0.247. The van der Waals surface area contributed by atoms with Crippen molar-refractivity contribution in [2.24, 2.45) is 0 Å². The van der Waals surface area contributed by atoms with Gasteiger partial charge in [0.05, 0.1) is 11.6 Å². The predicted octanol–water partition coefficient (Wildman–Crippen LogP) is 3.66. The molecule has 1 aromatic heterocycles. The quantitative estimate of drug-likeness (QED) is 0.913. The number of benzene rings is 1. The Labute approximate surface area is 123 Å². The summed E-state index contributed by atoms with van der Waals surface area (Å²) in [7, 11) is 0. The molecule has 0 unspecified atom stereocenters. The molecule has 0 atom stereocenters. The zero-order valence-corrected chi connectivity index (χ0v) is 11.6. The van der Waals surface area contributed by atoms with Crippen LogP contribution in [-0.2, 0) is 13.2 Å². The normalized spacial score (nSPS) is 11.1. The minimum atomic E-state index is -2.70. The highest BCUT2D eigenvalue weighted by atomic mass is 35.5. The molecule has 0 aliphatic rings. The molecular formula is C12H10Cl2F2N2O2. The highest BCUT2D eigenvalue weighted by Gasteiger charge is 2.15. The van der Waals surface area contributed by atoms with E-state index in [1.54, 1.807) is 0 Å². The van der Waals surface area contributed by atoms with E-state index < -0.39 is 6.55 Å². The van der Waals surface area contributed by atoms with E-state index >= 15 is 0 Å². The number of aromatic nitrogens is 2. The van der Waals surface area contributed by atoms with Crippen LogP contribution in [0.1, 0.15) is 17.9 Å². The van der Waals surface area contributed by atoms with Crippen molar-refractivity contribution in [1.29, 1.82) is 0 Å². The Morgan fingerprint density at radius 2 is 2.10 bits per heavy atom. The maximum absolute atomic E-state index is 12.6. The molecule has 0 fully saturated rings. The summed E-state index contributed by atoms with van der Waals surface area (Å²) >= 11 is 11.8. The lowest BCUT2D eigenvalue weighted by molar-refractivity contribution is 0.0631. The van der Waals surface area contributed by atoms with Gasteiger partial charge in [0.15, 0.2) is 5.82 Å². The van der Waals surface area contributed by atoms with Gasteiger partial charge in [0.25, 0.3) is 0 Å². The Hall–Kier alpha value is -1.37. The largest absolute Gasteiger partial charge is 0.484 e. The van der Waals surface area contributed by atoms with Crippen LogP contribution in [0.3, 0.4) is 0 Å². The van der Waals surface area contributed by atoms with Gasteiger partial charge >= 0.3 is 6.55 Å². The second kappa shape index (κ2) is 6.39. The first-order chi connectivity index (χ1) is 9.52. The summed E-state index contributed by atoms with van der Waals surface area (Å²) in [6.07, 6.45) is 2.40. The molecule has 8 heteroatoms. The molecule has 0 saturated carbocycles. The number of aliphatic hydroxyl groups is 1. The van der Waals surface area contributed by atoms with Crippen molar-refractivity contribution in [3.05, 3.63) is 46.0 Å². The van der Waals surface area contributed by atoms with E-state index in [2.05, 4.69) is 4.98 Å². The van der Waals surface area contributed by atoms with Crippen molar-refractivity contribution in [2.45, 2.75) is 19.8 Å². The fraction of sp³-hybridized carbons (Fsp3) is 0.250. The second-order valence-electron chi connectivity index (χ2n) is 3.85. The Balaban J connectivity index is 2.21. The van der Waals surface area contributed by atoms with Gasteiger partial charge in [-0.1, -0.05) is 23.2 Å². The van der Waals surface area contributed by atoms with Crippen molar-refractivity contribution in [3.63, 3.8) is 0 Å². The lowest BCUT2D eigenvalue weighted by atomic mass is 10.2. The average molecular weight is 323 g/mol. The van der Waals surface area contributed by atoms with Crippen LogP contribution in [0.15, 0.2) is 24.5 Å². The van der Waals surface area contributed by atoms with Crippen LogP contribution >= 0.6 is 23.2 Å². The molecule has 0 radical (unpaired) electrons. The van der Waals surface area contributed by atoms with Gasteiger partial charge in [0.1, 0.15) is 12.4 Å². The third kappa shape index (κ3) is 3.20. The van der Waals surface area contributed by atoms with Gasteiger partial charge in [-0.2, -0.15) is 8.78 Å². The van der Waals surface area contributed by atoms with Gasteiger partial charge in [0.2, 0.25) is 0 Å². The molecule has 0 bridgehead atoms. The minimum Gasteiger partial charge on any atom is -0.484 e. The molecule has 4 nitrogen and oxygen atoms in total. The fourth-order valence-corrected chi connectivity index (χ4v) is 2.25. The van der Waals surface area contributed by atoms with Gasteiger partial charge in [-0.05, 0) is 12.1 Å². The van der Waals surface area contributed by atoms with Crippen LogP contribution < -0.4 is 4.74 Å². The van der Waals surface area contributed by atoms with Gasteiger partial charge in [0, 0.05) is 23.0 Å². The zero-order valence-electron chi connectivity index (χ0n) is 10.1. The smallest absolute Gasteiger partial charge is 0.320 e. The zero-order chi connectivity index (χ0) is 14.7. The van der Waals surface area contributed by atoms with E-state index in [1.807, 2.05) is 0 Å². The summed E-state index contributed by atoms with van der Waals surface area (Å²) in [5, 5.41) is 9.77. The van der Waals surface area contributed by atoms with Crippen LogP contribution in [0, 0.1) is 0 Å². The Morgan fingerprint density at radius 3 is 2.75 bits per heavy atom. The van der Waals surface area contributed by atoms with Crippen LogP contribution in [0.5, 0.6) is 5.75 Å². The number of nitrogens with zero attached hydrogens (tertiary/aromatic N) is 2. The monoisotopic (exact) mass is 322 g/mol. The minimum absolute atomic E-state index is 0.0508. The molecule has 0 aliphatic heterocycles. The number of hydrogen-bond acceptors (Lipinski definition) is 3. The molecule has 0 spiro atoms. The van der Waals surface area contributed by atoms with Crippen LogP contribution in [0.4, 0.5) is 8.78 Å². The molecule has 108 valence electrons.